The van der Waals surface area contributed by atoms with Gasteiger partial charge in [-0.25, -0.2) is 4.98 Å². The van der Waals surface area contributed by atoms with Gasteiger partial charge in [0.15, 0.2) is 11.9 Å². The molecule has 1 aliphatic heterocycles. The van der Waals surface area contributed by atoms with Gasteiger partial charge in [-0.2, -0.15) is 4.52 Å². The Morgan fingerprint density at radius 2 is 2.14 bits per heavy atom. The number of thiazole rings is 1. The lowest BCUT2D eigenvalue weighted by Crippen LogP contribution is -3.15. The predicted octanol–water partition coefficient (Wildman–Crippen LogP) is 1.55. The van der Waals surface area contributed by atoms with Crippen molar-refractivity contribution in [2.24, 2.45) is 0 Å². The highest BCUT2D eigenvalue weighted by molar-refractivity contribution is 7.17. The van der Waals surface area contributed by atoms with Crippen molar-refractivity contribution in [1.82, 2.24) is 19.5 Å². The van der Waals surface area contributed by atoms with Gasteiger partial charge in [-0.15, -0.1) is 5.10 Å². The van der Waals surface area contributed by atoms with Gasteiger partial charge in [-0.1, -0.05) is 42.0 Å². The van der Waals surface area contributed by atoms with Crippen molar-refractivity contribution in [3.8, 4) is 5.88 Å². The molecule has 0 unspecified atom stereocenters. The van der Waals surface area contributed by atoms with Gasteiger partial charge in [0.1, 0.15) is 4.88 Å². The highest BCUT2D eigenvalue weighted by Gasteiger charge is 2.35. The topological polar surface area (TPSA) is 75.2 Å². The number of amides is 1. The Hall–Kier alpha value is -2.16. The van der Waals surface area contributed by atoms with Crippen LogP contribution in [0.2, 0.25) is 5.02 Å². The summed E-state index contributed by atoms with van der Waals surface area (Å²) in [5.74, 6) is 0.959. The number of hydrogen-bond acceptors (Lipinski definition) is 5. The number of fused-ring (bicyclic) bond motifs is 1. The second-order valence-corrected chi connectivity index (χ2v) is 8.46. The smallest absolute Gasteiger partial charge is 0.235 e. The van der Waals surface area contributed by atoms with E-state index in [1.54, 1.807) is 6.92 Å². The van der Waals surface area contributed by atoms with Crippen molar-refractivity contribution in [3.05, 3.63) is 45.6 Å². The van der Waals surface area contributed by atoms with Gasteiger partial charge < -0.3 is 14.9 Å². The fourth-order valence-electron chi connectivity index (χ4n) is 3.78. The third kappa shape index (κ3) is 3.47. The average molecular weight is 421 g/mol. The molecule has 0 bridgehead atoms. The van der Waals surface area contributed by atoms with Gasteiger partial charge in [0.2, 0.25) is 16.7 Å². The number of benzene rings is 1. The van der Waals surface area contributed by atoms with Crippen molar-refractivity contribution < 1.29 is 14.8 Å². The first-order chi connectivity index (χ1) is 13.5. The van der Waals surface area contributed by atoms with E-state index < -0.39 is 0 Å². The van der Waals surface area contributed by atoms with E-state index in [4.69, 9.17) is 11.6 Å². The number of aromatic hydroxyl groups is 1. The van der Waals surface area contributed by atoms with Crippen LogP contribution in [-0.2, 0) is 11.2 Å². The molecule has 0 aliphatic carbocycles. The minimum atomic E-state index is -0.0913. The molecule has 4 rings (SSSR count). The van der Waals surface area contributed by atoms with Crippen LogP contribution in [0.3, 0.4) is 0 Å². The second-order valence-electron chi connectivity index (χ2n) is 7.02. The minimum Gasteiger partial charge on any atom is -0.492 e. The lowest BCUT2D eigenvalue weighted by atomic mass is 10.0. The van der Waals surface area contributed by atoms with Crippen molar-refractivity contribution >= 4 is 33.8 Å². The number of nitrogens with one attached hydrogen (secondary N) is 1. The van der Waals surface area contributed by atoms with E-state index in [2.05, 4.69) is 10.1 Å². The monoisotopic (exact) mass is 420 g/mol. The summed E-state index contributed by atoms with van der Waals surface area (Å²) in [5.41, 5.74) is 1.04. The third-order valence-corrected chi connectivity index (χ3v) is 6.58. The van der Waals surface area contributed by atoms with Crippen LogP contribution in [0.5, 0.6) is 5.88 Å². The number of halogens is 1. The molecule has 0 saturated carbocycles. The SMILES string of the molecule is CCc1nc2sc([C@@H](c3cccc(Cl)c3)[NH+]3CCN(C(C)=O)CC3)c(O)n2n1. The maximum Gasteiger partial charge on any atom is 0.235 e. The van der Waals surface area contributed by atoms with E-state index in [1.807, 2.05) is 36.1 Å². The molecule has 28 heavy (non-hydrogen) atoms. The summed E-state index contributed by atoms with van der Waals surface area (Å²) in [4.78, 5) is 20.9. The summed E-state index contributed by atoms with van der Waals surface area (Å²) >= 11 is 7.73. The Morgan fingerprint density at radius 1 is 1.39 bits per heavy atom. The summed E-state index contributed by atoms with van der Waals surface area (Å²) < 4.78 is 1.53. The van der Waals surface area contributed by atoms with Gasteiger partial charge in [-0.3, -0.25) is 4.79 Å². The molecule has 7 nitrogen and oxygen atoms in total. The quantitative estimate of drug-likeness (QED) is 0.671. The van der Waals surface area contributed by atoms with Crippen LogP contribution >= 0.6 is 22.9 Å². The van der Waals surface area contributed by atoms with Crippen molar-refractivity contribution in [2.45, 2.75) is 26.3 Å². The third-order valence-electron chi connectivity index (χ3n) is 5.26. The normalized spacial score (nSPS) is 16.6. The molecular weight excluding hydrogens is 398 g/mol. The standard InChI is InChI=1S/C19H22ClN5O2S/c1-3-15-21-19-25(22-15)18(27)17(28-19)16(13-5-4-6-14(20)11-13)24-9-7-23(8-10-24)12(2)26/h4-6,11,16,27H,3,7-10H2,1-2H3/p+1/t16-/m1/s1. The predicted molar refractivity (Wildman–Crippen MR) is 108 cm³/mol. The Morgan fingerprint density at radius 3 is 2.75 bits per heavy atom. The van der Waals surface area contributed by atoms with Crippen molar-refractivity contribution in [3.63, 3.8) is 0 Å². The van der Waals surface area contributed by atoms with E-state index >= 15 is 0 Å². The summed E-state index contributed by atoms with van der Waals surface area (Å²) in [5, 5.41) is 16.0. The van der Waals surface area contributed by atoms with Crippen LogP contribution in [0.25, 0.3) is 4.96 Å². The number of carbonyl (C=O) groups excluding carboxylic acids is 1. The first-order valence-electron chi connectivity index (χ1n) is 9.40. The molecule has 0 radical (unpaired) electrons. The molecular formula is C19H23ClN5O2S+. The Balaban J connectivity index is 1.74. The van der Waals surface area contributed by atoms with E-state index in [0.29, 0.717) is 23.1 Å². The molecule has 1 saturated heterocycles. The van der Waals surface area contributed by atoms with Crippen molar-refractivity contribution in [1.29, 1.82) is 0 Å². The molecule has 1 atom stereocenters. The fraction of sp³-hybridized carbons (Fsp3) is 0.421. The van der Waals surface area contributed by atoms with Crippen molar-refractivity contribution in [2.75, 3.05) is 26.2 Å². The minimum absolute atomic E-state index is 0.0913. The first kappa shape index (κ1) is 19.2. The van der Waals surface area contributed by atoms with Gasteiger partial charge in [0, 0.05) is 23.9 Å². The zero-order valence-electron chi connectivity index (χ0n) is 15.9. The van der Waals surface area contributed by atoms with Gasteiger partial charge in [-0.05, 0) is 12.1 Å². The van der Waals surface area contributed by atoms with E-state index in [0.717, 1.165) is 35.8 Å². The molecule has 0 spiro atoms. The lowest BCUT2D eigenvalue weighted by Gasteiger charge is -2.36. The second kappa shape index (κ2) is 7.69. The highest BCUT2D eigenvalue weighted by atomic mass is 35.5. The molecule has 1 amide bonds. The summed E-state index contributed by atoms with van der Waals surface area (Å²) in [6, 6.07) is 7.67. The van der Waals surface area contributed by atoms with Crippen LogP contribution in [0.15, 0.2) is 24.3 Å². The van der Waals surface area contributed by atoms with E-state index in [9.17, 15) is 9.90 Å². The van der Waals surface area contributed by atoms with Crippen LogP contribution in [-0.4, -0.2) is 56.7 Å². The van der Waals surface area contributed by atoms with Crippen LogP contribution < -0.4 is 4.90 Å². The van der Waals surface area contributed by atoms with Crippen LogP contribution in [0.1, 0.15) is 36.2 Å². The Kier molecular flexibility index (Phi) is 5.27. The summed E-state index contributed by atoms with van der Waals surface area (Å²) in [7, 11) is 0. The number of piperazine rings is 1. The zero-order chi connectivity index (χ0) is 19.8. The highest BCUT2D eigenvalue weighted by Crippen LogP contribution is 2.35. The number of aryl methyl sites for hydroxylation is 1. The van der Waals surface area contributed by atoms with Gasteiger partial charge in [0.05, 0.1) is 26.2 Å². The number of aromatic nitrogens is 3. The van der Waals surface area contributed by atoms with Gasteiger partial charge >= 0.3 is 0 Å². The number of carbonyl (C=O) groups is 1. The molecule has 2 N–H and O–H groups in total. The summed E-state index contributed by atoms with van der Waals surface area (Å²) in [6.45, 7) is 6.59. The Labute approximate surface area is 172 Å². The number of quaternary nitrogens is 1. The van der Waals surface area contributed by atoms with Crippen LogP contribution in [0, 0.1) is 0 Å². The molecule has 2 aromatic heterocycles. The fourth-order valence-corrected chi connectivity index (χ4v) is 5.14. The maximum atomic E-state index is 11.7. The Bertz CT molecular complexity index is 1010. The lowest BCUT2D eigenvalue weighted by molar-refractivity contribution is -0.929. The number of rotatable bonds is 4. The average Bonchev–Trinajstić information content (AvgIpc) is 3.22. The zero-order valence-corrected chi connectivity index (χ0v) is 17.4. The maximum absolute atomic E-state index is 11.7. The van der Waals surface area contributed by atoms with Crippen LogP contribution in [0.4, 0.5) is 0 Å². The molecule has 9 heteroatoms. The number of hydrogen-bond donors (Lipinski definition) is 2. The molecule has 1 aliphatic rings. The molecule has 148 valence electrons. The number of nitrogens with zero attached hydrogens (tertiary/aromatic N) is 4. The molecule has 3 heterocycles. The van der Waals surface area contributed by atoms with E-state index in [-0.39, 0.29) is 17.8 Å². The van der Waals surface area contributed by atoms with E-state index in [1.165, 1.54) is 20.8 Å². The van der Waals surface area contributed by atoms with Gasteiger partial charge in [0.25, 0.3) is 0 Å². The molecule has 3 aromatic rings. The first-order valence-corrected chi connectivity index (χ1v) is 10.6. The summed E-state index contributed by atoms with van der Waals surface area (Å²) in [6.07, 6.45) is 0.721. The largest absolute Gasteiger partial charge is 0.492 e. The molecule has 1 fully saturated rings. The molecule has 1 aromatic carbocycles.